The molecule has 0 aromatic heterocycles. The molecule has 0 bridgehead atoms. The number of rotatable bonds is 2. The molecule has 2 N–H and O–H groups in total. The van der Waals surface area contributed by atoms with Crippen LogP contribution in [0.1, 0.15) is 5.56 Å². The Morgan fingerprint density at radius 2 is 2.29 bits per heavy atom. The van der Waals surface area contributed by atoms with Gasteiger partial charge in [-0.1, -0.05) is 12.1 Å². The minimum atomic E-state index is -0.233. The van der Waals surface area contributed by atoms with E-state index in [0.29, 0.717) is 12.5 Å². The van der Waals surface area contributed by atoms with E-state index in [1.165, 1.54) is 12.1 Å². The SMILES string of the molecule is CN=C(N)N(C)Cc1cccc(F)c1. The molecule has 0 aliphatic rings. The standard InChI is InChI=1S/C10H14FN3/c1-13-10(12)14(2)7-8-4-3-5-9(11)6-8/h3-6H,7H2,1-2H3,(H2,12,13). The van der Waals surface area contributed by atoms with Crippen LogP contribution in [0.3, 0.4) is 0 Å². The highest BCUT2D eigenvalue weighted by Gasteiger charge is 2.02. The monoisotopic (exact) mass is 195 g/mol. The van der Waals surface area contributed by atoms with Crippen LogP contribution in [0.25, 0.3) is 0 Å². The van der Waals surface area contributed by atoms with Gasteiger partial charge in [0.15, 0.2) is 5.96 Å². The van der Waals surface area contributed by atoms with Crippen LogP contribution in [-0.4, -0.2) is 25.0 Å². The van der Waals surface area contributed by atoms with Crippen molar-refractivity contribution in [2.24, 2.45) is 10.7 Å². The molecule has 0 radical (unpaired) electrons. The van der Waals surface area contributed by atoms with Gasteiger partial charge in [0.1, 0.15) is 5.82 Å². The maximum atomic E-state index is 12.8. The highest BCUT2D eigenvalue weighted by atomic mass is 19.1. The van der Waals surface area contributed by atoms with Crippen molar-refractivity contribution in [3.63, 3.8) is 0 Å². The number of nitrogens with two attached hydrogens (primary N) is 1. The molecule has 76 valence electrons. The third-order valence-corrected chi connectivity index (χ3v) is 1.93. The van der Waals surface area contributed by atoms with Crippen molar-refractivity contribution in [1.82, 2.24) is 4.90 Å². The summed E-state index contributed by atoms with van der Waals surface area (Å²) in [5.74, 6) is 0.206. The first kappa shape index (κ1) is 10.5. The van der Waals surface area contributed by atoms with Gasteiger partial charge in [-0.2, -0.15) is 0 Å². The van der Waals surface area contributed by atoms with E-state index in [-0.39, 0.29) is 5.82 Å². The lowest BCUT2D eigenvalue weighted by Crippen LogP contribution is -2.33. The Kier molecular flexibility index (Phi) is 3.45. The fourth-order valence-electron chi connectivity index (χ4n) is 1.16. The molecule has 0 saturated carbocycles. The number of halogens is 1. The van der Waals surface area contributed by atoms with Crippen molar-refractivity contribution in [2.75, 3.05) is 14.1 Å². The van der Waals surface area contributed by atoms with Gasteiger partial charge in [0.05, 0.1) is 0 Å². The van der Waals surface area contributed by atoms with Crippen molar-refractivity contribution in [3.8, 4) is 0 Å². The smallest absolute Gasteiger partial charge is 0.191 e. The molecule has 1 rings (SSSR count). The number of benzene rings is 1. The maximum absolute atomic E-state index is 12.8. The average molecular weight is 195 g/mol. The van der Waals surface area contributed by atoms with E-state index in [0.717, 1.165) is 5.56 Å². The maximum Gasteiger partial charge on any atom is 0.191 e. The first-order valence-corrected chi connectivity index (χ1v) is 4.31. The molecule has 4 heteroatoms. The molecule has 0 fully saturated rings. The predicted octanol–water partition coefficient (Wildman–Crippen LogP) is 1.20. The van der Waals surface area contributed by atoms with E-state index < -0.39 is 0 Å². The summed E-state index contributed by atoms with van der Waals surface area (Å²) in [5, 5.41) is 0. The third kappa shape index (κ3) is 2.73. The van der Waals surface area contributed by atoms with Crippen molar-refractivity contribution in [1.29, 1.82) is 0 Å². The van der Waals surface area contributed by atoms with E-state index in [9.17, 15) is 4.39 Å². The quantitative estimate of drug-likeness (QED) is 0.569. The van der Waals surface area contributed by atoms with Gasteiger partial charge in [-0.3, -0.25) is 4.99 Å². The molecule has 1 aromatic carbocycles. The highest BCUT2D eigenvalue weighted by molar-refractivity contribution is 5.77. The zero-order valence-corrected chi connectivity index (χ0v) is 8.37. The van der Waals surface area contributed by atoms with Crippen LogP contribution in [0.4, 0.5) is 4.39 Å². The zero-order valence-electron chi connectivity index (χ0n) is 8.37. The molecule has 3 nitrogen and oxygen atoms in total. The van der Waals surface area contributed by atoms with E-state index in [1.807, 2.05) is 13.1 Å². The Morgan fingerprint density at radius 3 is 2.86 bits per heavy atom. The molecule has 0 aliphatic heterocycles. The minimum Gasteiger partial charge on any atom is -0.370 e. The van der Waals surface area contributed by atoms with Gasteiger partial charge in [0, 0.05) is 20.6 Å². The second kappa shape index (κ2) is 4.60. The molecule has 0 heterocycles. The minimum absolute atomic E-state index is 0.233. The van der Waals surface area contributed by atoms with Crippen molar-refractivity contribution < 1.29 is 4.39 Å². The van der Waals surface area contributed by atoms with Gasteiger partial charge in [0.2, 0.25) is 0 Å². The zero-order chi connectivity index (χ0) is 10.6. The lowest BCUT2D eigenvalue weighted by Gasteiger charge is -2.17. The van der Waals surface area contributed by atoms with Gasteiger partial charge in [-0.25, -0.2) is 4.39 Å². The van der Waals surface area contributed by atoms with Crippen LogP contribution in [0.5, 0.6) is 0 Å². The van der Waals surface area contributed by atoms with E-state index in [2.05, 4.69) is 4.99 Å². The van der Waals surface area contributed by atoms with Gasteiger partial charge in [0.25, 0.3) is 0 Å². The summed E-state index contributed by atoms with van der Waals surface area (Å²) in [6, 6.07) is 6.43. The number of hydrogen-bond donors (Lipinski definition) is 1. The summed E-state index contributed by atoms with van der Waals surface area (Å²) in [6.45, 7) is 0.556. The first-order valence-electron chi connectivity index (χ1n) is 4.31. The van der Waals surface area contributed by atoms with Gasteiger partial charge < -0.3 is 10.6 Å². The predicted molar refractivity (Wildman–Crippen MR) is 55.4 cm³/mol. The lowest BCUT2D eigenvalue weighted by atomic mass is 10.2. The van der Waals surface area contributed by atoms with E-state index in [4.69, 9.17) is 5.73 Å². The van der Waals surface area contributed by atoms with Gasteiger partial charge in [-0.05, 0) is 17.7 Å². The summed E-state index contributed by atoms with van der Waals surface area (Å²) in [4.78, 5) is 5.59. The highest BCUT2D eigenvalue weighted by Crippen LogP contribution is 2.05. The summed E-state index contributed by atoms with van der Waals surface area (Å²) in [5.41, 5.74) is 6.46. The molecule has 14 heavy (non-hydrogen) atoms. The van der Waals surface area contributed by atoms with Crippen LogP contribution in [0.15, 0.2) is 29.3 Å². The number of nitrogens with zero attached hydrogens (tertiary/aromatic N) is 2. The molecule has 0 amide bonds. The number of hydrogen-bond acceptors (Lipinski definition) is 1. The molecule has 0 atom stereocenters. The Balaban J connectivity index is 2.69. The fourth-order valence-corrected chi connectivity index (χ4v) is 1.16. The van der Waals surface area contributed by atoms with Crippen LogP contribution >= 0.6 is 0 Å². The summed E-state index contributed by atoms with van der Waals surface area (Å²) in [6.07, 6.45) is 0. The molecule has 0 spiro atoms. The second-order valence-electron chi connectivity index (χ2n) is 3.07. The summed E-state index contributed by atoms with van der Waals surface area (Å²) >= 11 is 0. The molecule has 0 unspecified atom stereocenters. The van der Waals surface area contributed by atoms with Crippen LogP contribution < -0.4 is 5.73 Å². The topological polar surface area (TPSA) is 41.6 Å². The lowest BCUT2D eigenvalue weighted by molar-refractivity contribution is 0.491. The fraction of sp³-hybridized carbons (Fsp3) is 0.300. The molecular formula is C10H14FN3. The Morgan fingerprint density at radius 1 is 1.57 bits per heavy atom. The van der Waals surface area contributed by atoms with Crippen molar-refractivity contribution in [3.05, 3.63) is 35.6 Å². The van der Waals surface area contributed by atoms with Gasteiger partial charge in [-0.15, -0.1) is 0 Å². The average Bonchev–Trinajstić information content (AvgIpc) is 2.16. The molecule has 1 aromatic rings. The van der Waals surface area contributed by atoms with Crippen LogP contribution in [0, 0.1) is 5.82 Å². The largest absolute Gasteiger partial charge is 0.370 e. The summed E-state index contributed by atoms with van der Waals surface area (Å²) in [7, 11) is 3.44. The molecular weight excluding hydrogens is 181 g/mol. The number of aliphatic imine (C=N–C) groups is 1. The Bertz CT molecular complexity index is 336. The van der Waals surface area contributed by atoms with Gasteiger partial charge >= 0.3 is 0 Å². The van der Waals surface area contributed by atoms with E-state index >= 15 is 0 Å². The van der Waals surface area contributed by atoms with E-state index in [1.54, 1.807) is 18.0 Å². The summed E-state index contributed by atoms with van der Waals surface area (Å²) < 4.78 is 12.8. The second-order valence-corrected chi connectivity index (χ2v) is 3.07. The Hall–Kier alpha value is -1.58. The van der Waals surface area contributed by atoms with Crippen LogP contribution in [0.2, 0.25) is 0 Å². The molecule has 0 saturated heterocycles. The Labute approximate surface area is 83.1 Å². The van der Waals surface area contributed by atoms with Crippen LogP contribution in [-0.2, 0) is 6.54 Å². The van der Waals surface area contributed by atoms with Crippen molar-refractivity contribution >= 4 is 5.96 Å². The first-order chi connectivity index (χ1) is 6.63. The van der Waals surface area contributed by atoms with Crippen molar-refractivity contribution in [2.45, 2.75) is 6.54 Å². The number of guanidine groups is 1. The normalized spacial score (nSPS) is 11.5. The third-order valence-electron chi connectivity index (χ3n) is 1.93. The molecule has 0 aliphatic carbocycles.